The number of hydrogen-bond donors (Lipinski definition) is 1. The average molecular weight is 373 g/mol. The van der Waals surface area contributed by atoms with E-state index < -0.39 is 6.04 Å². The summed E-state index contributed by atoms with van der Waals surface area (Å²) in [5, 5.41) is 0.460. The molecule has 0 spiro atoms. The summed E-state index contributed by atoms with van der Waals surface area (Å²) >= 11 is 6.05. The van der Waals surface area contributed by atoms with Gasteiger partial charge in [0.15, 0.2) is 0 Å². The van der Waals surface area contributed by atoms with Crippen LogP contribution in [0.25, 0.3) is 5.57 Å². The summed E-state index contributed by atoms with van der Waals surface area (Å²) in [7, 11) is 0. The summed E-state index contributed by atoms with van der Waals surface area (Å²) in [6, 6.07) is 13.3. The molecule has 1 heterocycles. The summed E-state index contributed by atoms with van der Waals surface area (Å²) in [6.07, 6.45) is 1.93. The quantitative estimate of drug-likeness (QED) is 0.863. The van der Waals surface area contributed by atoms with Crippen LogP contribution in [0.3, 0.4) is 0 Å². The number of hydrogen-bond acceptors (Lipinski definition) is 2. The van der Waals surface area contributed by atoms with Gasteiger partial charge in [-0.1, -0.05) is 61.9 Å². The number of carbonyl (C=O) groups is 1. The highest BCUT2D eigenvalue weighted by Crippen LogP contribution is 2.36. The first-order valence-electron chi connectivity index (χ1n) is 8.65. The van der Waals surface area contributed by atoms with Crippen molar-refractivity contribution in [1.82, 2.24) is 4.90 Å². The van der Waals surface area contributed by atoms with Crippen LogP contribution in [-0.4, -0.2) is 23.4 Å². The zero-order valence-corrected chi connectivity index (χ0v) is 15.6. The minimum atomic E-state index is -0.599. The van der Waals surface area contributed by atoms with Crippen molar-refractivity contribution in [1.29, 1.82) is 0 Å². The monoisotopic (exact) mass is 372 g/mol. The maximum Gasteiger partial charge on any atom is 0.240 e. The lowest BCUT2D eigenvalue weighted by molar-refractivity contribution is -0.134. The Labute approximate surface area is 158 Å². The fourth-order valence-corrected chi connectivity index (χ4v) is 3.32. The molecule has 0 radical (unpaired) electrons. The molecule has 136 valence electrons. The smallest absolute Gasteiger partial charge is 0.240 e. The SMILES string of the molecule is CC(C)[C@H](N)C(=O)N1CC(c2cc(Cl)ccc2F)=C[C@H]1c1ccccc1. The Morgan fingerprint density at radius 1 is 1.23 bits per heavy atom. The number of rotatable bonds is 4. The number of amides is 1. The van der Waals surface area contributed by atoms with Gasteiger partial charge in [0.25, 0.3) is 0 Å². The molecule has 5 heteroatoms. The standard InChI is InChI=1S/C21H22ClFN2O/c1-13(2)20(24)21(26)25-12-15(17-11-16(22)8-9-18(17)23)10-19(25)14-6-4-3-5-7-14/h3-11,13,19-20H,12,24H2,1-2H3/t19-,20-/m0/s1. The highest BCUT2D eigenvalue weighted by molar-refractivity contribution is 6.30. The van der Waals surface area contributed by atoms with Crippen molar-refractivity contribution in [2.75, 3.05) is 6.54 Å². The molecule has 0 saturated heterocycles. The second-order valence-corrected chi connectivity index (χ2v) is 7.34. The molecule has 26 heavy (non-hydrogen) atoms. The molecule has 3 rings (SSSR count). The van der Waals surface area contributed by atoms with Gasteiger partial charge < -0.3 is 10.6 Å². The molecule has 1 aliphatic heterocycles. The van der Waals surface area contributed by atoms with Crippen LogP contribution < -0.4 is 5.73 Å². The van der Waals surface area contributed by atoms with Crippen LogP contribution in [0, 0.1) is 11.7 Å². The van der Waals surface area contributed by atoms with E-state index >= 15 is 0 Å². The van der Waals surface area contributed by atoms with Crippen molar-refractivity contribution in [3.63, 3.8) is 0 Å². The third kappa shape index (κ3) is 3.67. The fraction of sp³-hybridized carbons (Fsp3) is 0.286. The Hall–Kier alpha value is -2.17. The molecule has 2 aromatic carbocycles. The van der Waals surface area contributed by atoms with Gasteiger partial charge in [-0.15, -0.1) is 0 Å². The lowest BCUT2D eigenvalue weighted by Crippen LogP contribution is -2.46. The number of halogens is 2. The Morgan fingerprint density at radius 2 is 1.92 bits per heavy atom. The third-order valence-electron chi connectivity index (χ3n) is 4.74. The van der Waals surface area contributed by atoms with Crippen molar-refractivity contribution >= 4 is 23.1 Å². The van der Waals surface area contributed by atoms with Crippen LogP contribution in [0.15, 0.2) is 54.6 Å². The van der Waals surface area contributed by atoms with E-state index in [1.165, 1.54) is 12.1 Å². The van der Waals surface area contributed by atoms with E-state index in [-0.39, 0.29) is 23.7 Å². The maximum absolute atomic E-state index is 14.3. The van der Waals surface area contributed by atoms with Gasteiger partial charge in [0.2, 0.25) is 5.91 Å². The molecule has 0 bridgehead atoms. The van der Waals surface area contributed by atoms with Crippen molar-refractivity contribution in [3.8, 4) is 0 Å². The van der Waals surface area contributed by atoms with Crippen molar-refractivity contribution < 1.29 is 9.18 Å². The van der Waals surface area contributed by atoms with Crippen LogP contribution in [0.2, 0.25) is 5.02 Å². The molecule has 0 unspecified atom stereocenters. The summed E-state index contributed by atoms with van der Waals surface area (Å²) in [6.45, 7) is 4.14. The van der Waals surface area contributed by atoms with Crippen LogP contribution in [0.5, 0.6) is 0 Å². The second-order valence-electron chi connectivity index (χ2n) is 6.91. The van der Waals surface area contributed by atoms with Crippen molar-refractivity contribution in [3.05, 3.63) is 76.6 Å². The maximum atomic E-state index is 14.3. The lowest BCUT2D eigenvalue weighted by atomic mass is 10.0. The topological polar surface area (TPSA) is 46.3 Å². The molecule has 2 N–H and O–H groups in total. The molecule has 2 aromatic rings. The van der Waals surface area contributed by atoms with Gasteiger partial charge in [-0.2, -0.15) is 0 Å². The largest absolute Gasteiger partial charge is 0.326 e. The predicted molar refractivity (Wildman–Crippen MR) is 103 cm³/mol. The van der Waals surface area contributed by atoms with Crippen molar-refractivity contribution in [2.45, 2.75) is 25.9 Å². The van der Waals surface area contributed by atoms with Crippen LogP contribution in [0.4, 0.5) is 4.39 Å². The molecule has 0 aromatic heterocycles. The molecular formula is C21H22ClFN2O. The van der Waals surface area contributed by atoms with E-state index in [1.807, 2.05) is 50.3 Å². The highest BCUT2D eigenvalue weighted by atomic mass is 35.5. The van der Waals surface area contributed by atoms with E-state index in [2.05, 4.69) is 0 Å². The molecular weight excluding hydrogens is 351 g/mol. The molecule has 1 aliphatic rings. The van der Waals surface area contributed by atoms with Crippen LogP contribution in [-0.2, 0) is 4.79 Å². The van der Waals surface area contributed by atoms with E-state index in [4.69, 9.17) is 17.3 Å². The van der Waals surface area contributed by atoms with Gasteiger partial charge in [0.05, 0.1) is 12.1 Å². The Morgan fingerprint density at radius 3 is 2.58 bits per heavy atom. The second kappa shape index (κ2) is 7.60. The first-order chi connectivity index (χ1) is 12.4. The van der Waals surface area contributed by atoms with Gasteiger partial charge in [0.1, 0.15) is 5.82 Å². The van der Waals surface area contributed by atoms with Gasteiger partial charge in [-0.05, 0) is 35.3 Å². The van der Waals surface area contributed by atoms with Gasteiger partial charge in [-0.3, -0.25) is 4.79 Å². The number of benzene rings is 2. The third-order valence-corrected chi connectivity index (χ3v) is 4.97. The Kier molecular flexibility index (Phi) is 5.44. The van der Waals surface area contributed by atoms with Crippen molar-refractivity contribution in [2.24, 2.45) is 11.7 Å². The molecule has 0 aliphatic carbocycles. The van der Waals surface area contributed by atoms with E-state index in [9.17, 15) is 9.18 Å². The summed E-state index contributed by atoms with van der Waals surface area (Å²) in [5.74, 6) is -0.469. The number of carbonyl (C=O) groups excluding carboxylic acids is 1. The average Bonchev–Trinajstić information content (AvgIpc) is 3.08. The zero-order chi connectivity index (χ0) is 18.8. The van der Waals surface area contributed by atoms with E-state index in [1.54, 1.807) is 11.0 Å². The molecule has 3 nitrogen and oxygen atoms in total. The molecule has 0 saturated carbocycles. The Balaban J connectivity index is 2.01. The number of nitrogens with two attached hydrogens (primary N) is 1. The predicted octanol–water partition coefficient (Wildman–Crippen LogP) is 4.43. The summed E-state index contributed by atoms with van der Waals surface area (Å²) in [5.41, 5.74) is 8.24. The van der Waals surface area contributed by atoms with Crippen LogP contribution >= 0.6 is 11.6 Å². The highest BCUT2D eigenvalue weighted by Gasteiger charge is 2.34. The minimum absolute atomic E-state index is 0.0193. The zero-order valence-electron chi connectivity index (χ0n) is 14.8. The van der Waals surface area contributed by atoms with Gasteiger partial charge in [-0.25, -0.2) is 4.39 Å². The fourth-order valence-electron chi connectivity index (χ4n) is 3.15. The first kappa shape index (κ1) is 18.6. The lowest BCUT2D eigenvalue weighted by Gasteiger charge is -2.29. The molecule has 1 amide bonds. The molecule has 2 atom stereocenters. The number of nitrogens with zero attached hydrogens (tertiary/aromatic N) is 1. The van der Waals surface area contributed by atoms with Crippen LogP contribution in [0.1, 0.15) is 31.0 Å². The van der Waals surface area contributed by atoms with Gasteiger partial charge in [0, 0.05) is 17.1 Å². The van der Waals surface area contributed by atoms with E-state index in [0.29, 0.717) is 17.1 Å². The first-order valence-corrected chi connectivity index (χ1v) is 9.03. The minimum Gasteiger partial charge on any atom is -0.326 e. The summed E-state index contributed by atoms with van der Waals surface area (Å²) in [4.78, 5) is 14.7. The Bertz CT molecular complexity index is 835. The molecule has 0 fully saturated rings. The summed E-state index contributed by atoms with van der Waals surface area (Å²) < 4.78 is 14.3. The van der Waals surface area contributed by atoms with Gasteiger partial charge >= 0.3 is 0 Å². The normalized spacial score (nSPS) is 18.2. The van der Waals surface area contributed by atoms with E-state index in [0.717, 1.165) is 11.1 Å².